The van der Waals surface area contributed by atoms with Gasteiger partial charge in [-0.3, -0.25) is 30.3 Å². The molecule has 1 aromatic rings. The van der Waals surface area contributed by atoms with Crippen LogP contribution >= 0.6 is 0 Å². The van der Waals surface area contributed by atoms with E-state index in [1.165, 1.54) is 12.1 Å². The van der Waals surface area contributed by atoms with Crippen molar-refractivity contribution in [3.63, 3.8) is 0 Å². The summed E-state index contributed by atoms with van der Waals surface area (Å²) in [6, 6.07) is 3.05. The molecule has 126 valence electrons. The maximum Gasteiger partial charge on any atom is 0.328 e. The van der Waals surface area contributed by atoms with Crippen LogP contribution < -0.4 is 15.5 Å². The fraction of sp³-hybridized carbons (Fsp3) is 0.400. The smallest absolute Gasteiger partial charge is 0.328 e. The Hall–Kier alpha value is -2.97. The summed E-state index contributed by atoms with van der Waals surface area (Å²) in [4.78, 5) is 48.8. The Morgan fingerprint density at radius 3 is 2.46 bits per heavy atom. The van der Waals surface area contributed by atoms with Crippen LogP contribution in [0.5, 0.6) is 0 Å². The minimum Gasteiger partial charge on any atom is -0.367 e. The number of imide groups is 2. The zero-order chi connectivity index (χ0) is 17.6. The first-order valence-corrected chi connectivity index (χ1v) is 7.52. The number of nitro benzene ring substituents is 1. The molecule has 24 heavy (non-hydrogen) atoms. The van der Waals surface area contributed by atoms with Crippen molar-refractivity contribution in [1.82, 2.24) is 10.6 Å². The zero-order valence-electron chi connectivity index (χ0n) is 13.2. The number of amides is 4. The van der Waals surface area contributed by atoms with Crippen LogP contribution in [-0.2, 0) is 16.0 Å². The second-order valence-electron chi connectivity index (χ2n) is 5.92. The number of nitrogens with zero attached hydrogens (tertiary/aromatic N) is 2. The summed E-state index contributed by atoms with van der Waals surface area (Å²) in [6.07, 6.45) is -0.00731. The topological polar surface area (TPSA) is 122 Å². The average molecular weight is 332 g/mol. The lowest BCUT2D eigenvalue weighted by molar-refractivity contribution is -0.384. The first-order chi connectivity index (χ1) is 11.3. The quantitative estimate of drug-likeness (QED) is 0.467. The highest BCUT2D eigenvalue weighted by Crippen LogP contribution is 2.43. The summed E-state index contributed by atoms with van der Waals surface area (Å²) < 4.78 is 0. The molecule has 0 saturated carbocycles. The summed E-state index contributed by atoms with van der Waals surface area (Å²) in [5.41, 5.74) is -0.337. The normalized spacial score (nSPS) is 22.0. The van der Waals surface area contributed by atoms with E-state index < -0.39 is 34.2 Å². The van der Waals surface area contributed by atoms with Gasteiger partial charge in [0, 0.05) is 36.8 Å². The fourth-order valence-corrected chi connectivity index (χ4v) is 3.58. The van der Waals surface area contributed by atoms with Crippen LogP contribution in [0.1, 0.15) is 19.4 Å². The highest BCUT2D eigenvalue weighted by atomic mass is 16.6. The lowest BCUT2D eigenvalue weighted by atomic mass is 9.69. The van der Waals surface area contributed by atoms with Gasteiger partial charge in [0.15, 0.2) is 5.41 Å². The van der Waals surface area contributed by atoms with Crippen LogP contribution in [0.2, 0.25) is 0 Å². The first kappa shape index (κ1) is 15.9. The van der Waals surface area contributed by atoms with Crippen molar-refractivity contribution in [2.75, 3.05) is 11.4 Å². The van der Waals surface area contributed by atoms with E-state index in [9.17, 15) is 24.5 Å². The highest BCUT2D eigenvalue weighted by Gasteiger charge is 2.58. The molecule has 0 bridgehead atoms. The third kappa shape index (κ3) is 2.04. The van der Waals surface area contributed by atoms with Gasteiger partial charge in [0.2, 0.25) is 11.8 Å². The molecule has 1 aromatic carbocycles. The van der Waals surface area contributed by atoms with Crippen LogP contribution in [0, 0.1) is 15.5 Å². The number of nitrogens with one attached hydrogen (secondary N) is 2. The largest absolute Gasteiger partial charge is 0.367 e. The Morgan fingerprint density at radius 1 is 1.29 bits per heavy atom. The first-order valence-electron chi connectivity index (χ1n) is 7.52. The van der Waals surface area contributed by atoms with Gasteiger partial charge in [-0.05, 0) is 25.5 Å². The lowest BCUT2D eigenvalue weighted by Gasteiger charge is -2.48. The van der Waals surface area contributed by atoms with E-state index in [4.69, 9.17) is 0 Å². The summed E-state index contributed by atoms with van der Waals surface area (Å²) >= 11 is 0. The van der Waals surface area contributed by atoms with Crippen LogP contribution in [0.4, 0.5) is 16.2 Å². The second kappa shape index (κ2) is 5.29. The number of non-ortho nitro benzene ring substituents is 1. The molecule has 9 nitrogen and oxygen atoms in total. The number of nitro groups is 1. The Balaban J connectivity index is 2.16. The van der Waals surface area contributed by atoms with Crippen molar-refractivity contribution < 1.29 is 19.3 Å². The van der Waals surface area contributed by atoms with E-state index >= 15 is 0 Å². The molecule has 0 radical (unpaired) electrons. The number of hydrogen-bond donors (Lipinski definition) is 2. The molecule has 9 heteroatoms. The Bertz CT molecular complexity index is 755. The van der Waals surface area contributed by atoms with E-state index in [0.29, 0.717) is 12.1 Å². The monoisotopic (exact) mass is 332 g/mol. The van der Waals surface area contributed by atoms with E-state index in [2.05, 4.69) is 10.6 Å². The van der Waals surface area contributed by atoms with Crippen LogP contribution in [0.3, 0.4) is 0 Å². The molecular formula is C15H16N4O5. The van der Waals surface area contributed by atoms with Crippen molar-refractivity contribution in [2.45, 2.75) is 26.3 Å². The number of barbiturate groups is 1. The number of carbonyl (C=O) groups is 3. The predicted octanol–water partition coefficient (Wildman–Crippen LogP) is 0.718. The number of anilines is 1. The summed E-state index contributed by atoms with van der Waals surface area (Å²) in [6.45, 7) is 4.11. The van der Waals surface area contributed by atoms with Gasteiger partial charge in [-0.2, -0.15) is 0 Å². The lowest BCUT2D eigenvalue weighted by Crippen LogP contribution is -2.70. The minimum absolute atomic E-state index is 0.00731. The molecule has 1 atom stereocenters. The molecule has 2 aliphatic heterocycles. The SMILES string of the molecule is CCN1c2ccc([N+](=O)[O-])cc2CC2(C(=O)NC(=O)NC2=O)[C@H]1C. The van der Waals surface area contributed by atoms with Gasteiger partial charge in [-0.1, -0.05) is 0 Å². The summed E-state index contributed by atoms with van der Waals surface area (Å²) in [7, 11) is 0. The molecule has 3 rings (SSSR count). The number of fused-ring (bicyclic) bond motifs is 1. The summed E-state index contributed by atoms with van der Waals surface area (Å²) in [5.74, 6) is -1.36. The highest BCUT2D eigenvalue weighted by molar-refractivity contribution is 6.20. The van der Waals surface area contributed by atoms with Gasteiger partial charge in [0.25, 0.3) is 5.69 Å². The molecule has 0 aromatic heterocycles. The molecule has 1 spiro atoms. The van der Waals surface area contributed by atoms with Crippen LogP contribution in [0.25, 0.3) is 0 Å². The number of benzene rings is 1. The van der Waals surface area contributed by atoms with Crippen molar-refractivity contribution in [2.24, 2.45) is 5.41 Å². The Labute approximate surface area is 137 Å². The molecule has 2 heterocycles. The maximum absolute atomic E-state index is 12.5. The van der Waals surface area contributed by atoms with Gasteiger partial charge in [0.05, 0.1) is 4.92 Å². The standard InChI is InChI=1S/C15H16N4O5/c1-3-18-8(2)15(12(20)16-14(22)17-13(15)21)7-9-6-10(19(23)24)4-5-11(9)18/h4-6,8H,3,7H2,1-2H3,(H2,16,17,20,21,22)/t8-/m1/s1. The van der Waals surface area contributed by atoms with Gasteiger partial charge in [-0.25, -0.2) is 4.79 Å². The molecule has 1 fully saturated rings. The van der Waals surface area contributed by atoms with Gasteiger partial charge in [0.1, 0.15) is 0 Å². The van der Waals surface area contributed by atoms with E-state index in [0.717, 1.165) is 5.69 Å². The molecule has 0 unspecified atom stereocenters. The fourth-order valence-electron chi connectivity index (χ4n) is 3.58. The van der Waals surface area contributed by atoms with E-state index in [-0.39, 0.29) is 12.1 Å². The Kier molecular flexibility index (Phi) is 3.51. The number of hydrogen-bond acceptors (Lipinski definition) is 6. The van der Waals surface area contributed by atoms with E-state index in [1.807, 2.05) is 11.8 Å². The molecular weight excluding hydrogens is 316 g/mol. The predicted molar refractivity (Wildman–Crippen MR) is 83.4 cm³/mol. The van der Waals surface area contributed by atoms with Gasteiger partial charge >= 0.3 is 6.03 Å². The van der Waals surface area contributed by atoms with Crippen molar-refractivity contribution in [3.05, 3.63) is 33.9 Å². The molecule has 2 N–H and O–H groups in total. The molecule has 1 saturated heterocycles. The number of urea groups is 1. The maximum atomic E-state index is 12.5. The van der Waals surface area contributed by atoms with Gasteiger partial charge in [-0.15, -0.1) is 0 Å². The van der Waals surface area contributed by atoms with Crippen molar-refractivity contribution in [3.8, 4) is 0 Å². The van der Waals surface area contributed by atoms with Gasteiger partial charge < -0.3 is 4.90 Å². The molecule has 4 amide bonds. The third-order valence-corrected chi connectivity index (χ3v) is 4.84. The van der Waals surface area contributed by atoms with Crippen LogP contribution in [-0.4, -0.2) is 35.4 Å². The third-order valence-electron chi connectivity index (χ3n) is 4.84. The zero-order valence-corrected chi connectivity index (χ0v) is 13.2. The second-order valence-corrected chi connectivity index (χ2v) is 5.92. The Morgan fingerprint density at radius 2 is 1.92 bits per heavy atom. The van der Waals surface area contributed by atoms with Crippen molar-refractivity contribution in [1.29, 1.82) is 0 Å². The minimum atomic E-state index is -1.51. The van der Waals surface area contributed by atoms with Crippen molar-refractivity contribution >= 4 is 29.2 Å². The molecule has 0 aliphatic carbocycles. The van der Waals surface area contributed by atoms with E-state index in [1.54, 1.807) is 13.0 Å². The summed E-state index contributed by atoms with van der Waals surface area (Å²) in [5, 5.41) is 15.3. The average Bonchev–Trinajstić information content (AvgIpc) is 2.52. The van der Waals surface area contributed by atoms with Crippen LogP contribution in [0.15, 0.2) is 18.2 Å². The number of rotatable bonds is 2. The molecule has 2 aliphatic rings. The number of carbonyl (C=O) groups excluding carboxylic acids is 3.